The maximum absolute atomic E-state index is 14.5. The van der Waals surface area contributed by atoms with Crippen molar-refractivity contribution in [1.29, 1.82) is 0 Å². The predicted octanol–water partition coefficient (Wildman–Crippen LogP) is 1.44. The summed E-state index contributed by atoms with van der Waals surface area (Å²) >= 11 is 0. The molecule has 5 heterocycles. The lowest BCUT2D eigenvalue weighted by Gasteiger charge is -2.28. The first-order valence-electron chi connectivity index (χ1n) is 11.5. The van der Waals surface area contributed by atoms with Gasteiger partial charge in [-0.3, -0.25) is 4.68 Å². The number of carbonyl (C=O) groups is 1. The van der Waals surface area contributed by atoms with Gasteiger partial charge in [0.15, 0.2) is 11.5 Å². The number of carboxylic acid groups (broad SMARTS) is 1. The number of hydrogen-bond donors (Lipinski definition) is 3. The lowest BCUT2D eigenvalue weighted by atomic mass is 10.1. The molecule has 14 heteroatoms. The Kier molecular flexibility index (Phi) is 6.05. The Hall–Kier alpha value is -3.68. The minimum atomic E-state index is -1.38. The van der Waals surface area contributed by atoms with Crippen molar-refractivity contribution in [2.45, 2.75) is 38.0 Å². The highest BCUT2D eigenvalue weighted by Crippen LogP contribution is 2.32. The molecule has 0 unspecified atom stereocenters. The molecule has 2 aliphatic heterocycles. The van der Waals surface area contributed by atoms with Crippen LogP contribution in [0.15, 0.2) is 12.4 Å². The zero-order chi connectivity index (χ0) is 24.7. The Morgan fingerprint density at radius 1 is 1.26 bits per heavy atom. The van der Waals surface area contributed by atoms with Gasteiger partial charge in [-0.1, -0.05) is 0 Å². The first-order chi connectivity index (χ1) is 16.8. The minimum absolute atomic E-state index is 0.0268. The number of ether oxygens (including phenoxy) is 1. The molecule has 0 aliphatic carbocycles. The van der Waals surface area contributed by atoms with E-state index in [-0.39, 0.29) is 25.1 Å². The number of imidazole rings is 1. The molecule has 0 saturated carbocycles. The number of anilines is 3. The van der Waals surface area contributed by atoms with E-state index in [1.807, 2.05) is 17.8 Å². The summed E-state index contributed by atoms with van der Waals surface area (Å²) < 4.78 is 23.6. The Bertz CT molecular complexity index is 1220. The maximum Gasteiger partial charge on any atom is 0.405 e. The van der Waals surface area contributed by atoms with E-state index in [0.717, 1.165) is 31.6 Å². The molecule has 2 aliphatic rings. The van der Waals surface area contributed by atoms with Crippen LogP contribution in [0.1, 0.15) is 24.6 Å². The summed E-state index contributed by atoms with van der Waals surface area (Å²) in [5.41, 5.74) is 1.90. The van der Waals surface area contributed by atoms with E-state index >= 15 is 0 Å². The first-order valence-corrected chi connectivity index (χ1v) is 11.5. The van der Waals surface area contributed by atoms with Gasteiger partial charge in [-0.05, 0) is 39.9 Å². The van der Waals surface area contributed by atoms with Gasteiger partial charge in [0.25, 0.3) is 5.88 Å². The molecule has 2 atom stereocenters. The summed E-state index contributed by atoms with van der Waals surface area (Å²) in [5.74, 6) is 1.11. The normalized spacial score (nSPS) is 21.5. The van der Waals surface area contributed by atoms with Gasteiger partial charge < -0.3 is 30.3 Å². The molecular formula is C21H29FN10O3. The van der Waals surface area contributed by atoms with E-state index in [1.165, 1.54) is 0 Å². The predicted molar refractivity (Wildman–Crippen MR) is 125 cm³/mol. The average Bonchev–Trinajstić information content (AvgIpc) is 3.51. The van der Waals surface area contributed by atoms with Crippen LogP contribution in [0.5, 0.6) is 5.88 Å². The smallest absolute Gasteiger partial charge is 0.405 e. The fourth-order valence-corrected chi connectivity index (χ4v) is 4.61. The van der Waals surface area contributed by atoms with E-state index in [9.17, 15) is 9.18 Å². The third kappa shape index (κ3) is 4.52. The van der Waals surface area contributed by atoms with Crippen molar-refractivity contribution in [2.24, 2.45) is 0 Å². The quantitative estimate of drug-likeness (QED) is 0.467. The number of methoxy groups -OCH3 is 1. The second-order valence-electron chi connectivity index (χ2n) is 9.06. The number of alkyl halides is 1. The molecule has 0 bridgehead atoms. The molecule has 3 aromatic rings. The number of fused-ring (bicyclic) bond motifs is 1. The van der Waals surface area contributed by atoms with Gasteiger partial charge in [-0.25, -0.2) is 18.7 Å². The Balaban J connectivity index is 1.45. The number of halogens is 1. The molecule has 2 fully saturated rings. The third-order valence-electron chi connectivity index (χ3n) is 6.57. The fourth-order valence-electron chi connectivity index (χ4n) is 4.61. The fraction of sp³-hybridized carbons (Fsp3) is 0.571. The molecule has 1 amide bonds. The molecule has 5 rings (SSSR count). The second kappa shape index (κ2) is 9.17. The molecule has 0 spiro atoms. The lowest BCUT2D eigenvalue weighted by Crippen LogP contribution is -2.40. The SMILES string of the molecule is COc1nn(C2CCN(C)CC2)cc1Nc1nc(N2C[C@@H](F)[C@H](NC(=O)O)C2)nn2c(C)cnc12. The van der Waals surface area contributed by atoms with E-state index in [2.05, 4.69) is 42.7 Å². The van der Waals surface area contributed by atoms with Gasteiger partial charge in [0.05, 0.1) is 43.8 Å². The number of rotatable bonds is 6. The van der Waals surface area contributed by atoms with Crippen molar-refractivity contribution in [1.82, 2.24) is 39.6 Å². The second-order valence-corrected chi connectivity index (χ2v) is 9.06. The highest BCUT2D eigenvalue weighted by atomic mass is 19.1. The van der Waals surface area contributed by atoms with Crippen LogP contribution < -0.4 is 20.3 Å². The highest BCUT2D eigenvalue weighted by molar-refractivity contribution is 5.73. The number of aryl methyl sites for hydroxylation is 1. The van der Waals surface area contributed by atoms with Gasteiger partial charge in [-0.15, -0.1) is 10.2 Å². The summed E-state index contributed by atoms with van der Waals surface area (Å²) in [5, 5.41) is 23.6. The van der Waals surface area contributed by atoms with Gasteiger partial charge in [0.1, 0.15) is 11.9 Å². The van der Waals surface area contributed by atoms with Crippen molar-refractivity contribution in [3.05, 3.63) is 18.1 Å². The van der Waals surface area contributed by atoms with Gasteiger partial charge in [0, 0.05) is 6.54 Å². The van der Waals surface area contributed by atoms with Gasteiger partial charge in [0.2, 0.25) is 5.95 Å². The molecule has 0 radical (unpaired) electrons. The molecule has 3 N–H and O–H groups in total. The number of nitrogens with zero attached hydrogens (tertiary/aromatic N) is 8. The highest BCUT2D eigenvalue weighted by Gasteiger charge is 2.36. The van der Waals surface area contributed by atoms with Crippen LogP contribution in [-0.2, 0) is 0 Å². The van der Waals surface area contributed by atoms with Crippen molar-refractivity contribution in [2.75, 3.05) is 50.6 Å². The lowest BCUT2D eigenvalue weighted by molar-refractivity contribution is 0.183. The van der Waals surface area contributed by atoms with Crippen molar-refractivity contribution in [3.8, 4) is 5.88 Å². The van der Waals surface area contributed by atoms with Crippen molar-refractivity contribution < 1.29 is 19.0 Å². The first kappa shape index (κ1) is 23.1. The van der Waals surface area contributed by atoms with E-state index in [1.54, 1.807) is 22.7 Å². The standard InChI is InChI=1S/C21H29FN10O3/c1-12-8-23-18-17(24-16-11-31(27-19(16)35-3)13-4-6-29(2)7-5-13)26-20(28-32(12)18)30-9-14(22)15(10-30)25-21(33)34/h8,11,13-15,25H,4-7,9-10H2,1-3H3,(H,33,34)(H,24,26,28)/t14-,15-/m1/s1. The summed E-state index contributed by atoms with van der Waals surface area (Å²) in [6.07, 6.45) is 2.92. The zero-order valence-electron chi connectivity index (χ0n) is 19.8. The van der Waals surface area contributed by atoms with Gasteiger partial charge >= 0.3 is 6.09 Å². The van der Waals surface area contributed by atoms with E-state index in [0.29, 0.717) is 23.0 Å². The molecule has 0 aromatic carbocycles. The molecule has 2 saturated heterocycles. The van der Waals surface area contributed by atoms with Crippen LogP contribution in [0, 0.1) is 6.92 Å². The Labute approximate surface area is 200 Å². The number of amides is 1. The molecule has 13 nitrogen and oxygen atoms in total. The summed E-state index contributed by atoms with van der Waals surface area (Å²) in [4.78, 5) is 24.0. The summed E-state index contributed by atoms with van der Waals surface area (Å²) in [7, 11) is 3.68. The molecular weight excluding hydrogens is 459 g/mol. The monoisotopic (exact) mass is 488 g/mol. The molecule has 35 heavy (non-hydrogen) atoms. The van der Waals surface area contributed by atoms with Crippen molar-refractivity contribution >= 4 is 29.2 Å². The zero-order valence-corrected chi connectivity index (χ0v) is 19.8. The van der Waals surface area contributed by atoms with Crippen LogP contribution in [0.3, 0.4) is 0 Å². The maximum atomic E-state index is 14.5. The minimum Gasteiger partial charge on any atom is -0.478 e. The van der Waals surface area contributed by atoms with Crippen LogP contribution >= 0.6 is 0 Å². The van der Waals surface area contributed by atoms with E-state index in [4.69, 9.17) is 9.84 Å². The number of aromatic nitrogens is 6. The number of piperidine rings is 1. The van der Waals surface area contributed by atoms with Crippen LogP contribution in [-0.4, -0.2) is 98.0 Å². The topological polar surface area (TPSA) is 138 Å². The Morgan fingerprint density at radius 3 is 2.74 bits per heavy atom. The van der Waals surface area contributed by atoms with Gasteiger partial charge in [-0.2, -0.15) is 4.98 Å². The Morgan fingerprint density at radius 2 is 2.03 bits per heavy atom. The van der Waals surface area contributed by atoms with E-state index < -0.39 is 18.3 Å². The van der Waals surface area contributed by atoms with Crippen LogP contribution in [0.4, 0.5) is 26.6 Å². The molecule has 3 aromatic heterocycles. The third-order valence-corrected chi connectivity index (χ3v) is 6.57. The van der Waals surface area contributed by atoms with Crippen LogP contribution in [0.25, 0.3) is 5.65 Å². The van der Waals surface area contributed by atoms with Crippen LogP contribution in [0.2, 0.25) is 0 Å². The number of nitrogens with one attached hydrogen (secondary N) is 2. The summed E-state index contributed by atoms with van der Waals surface area (Å²) in [6.45, 7) is 3.95. The summed E-state index contributed by atoms with van der Waals surface area (Å²) in [6, 6.07) is -0.588. The molecule has 188 valence electrons. The number of likely N-dealkylation sites (tertiary alicyclic amines) is 1. The number of hydrogen-bond acceptors (Lipinski definition) is 9. The largest absolute Gasteiger partial charge is 0.478 e. The van der Waals surface area contributed by atoms with Crippen molar-refractivity contribution in [3.63, 3.8) is 0 Å². The average molecular weight is 489 g/mol.